The van der Waals surface area contributed by atoms with Gasteiger partial charge in [0.1, 0.15) is 18.0 Å². The molecule has 0 saturated heterocycles. The number of aliphatic hydroxyl groups is 2. The highest BCUT2D eigenvalue weighted by atomic mass is 19.1. The fourth-order valence-corrected chi connectivity index (χ4v) is 6.40. The van der Waals surface area contributed by atoms with E-state index in [1.807, 2.05) is 13.8 Å². The van der Waals surface area contributed by atoms with Crippen LogP contribution in [0.1, 0.15) is 73.4 Å². The first kappa shape index (κ1) is 34.4. The maximum absolute atomic E-state index is 14.9. The number of amides is 1. The number of aliphatic hydroxyl groups excluding tert-OH is 1. The number of hydrogen-bond donors (Lipinski definition) is 5. The van der Waals surface area contributed by atoms with Gasteiger partial charge in [-0.25, -0.2) is 15.2 Å². The van der Waals surface area contributed by atoms with E-state index >= 15 is 0 Å². The number of pyridine rings is 2. The maximum Gasteiger partial charge on any atom is 0.254 e. The molecule has 12 heteroatoms. The van der Waals surface area contributed by atoms with Crippen LogP contribution in [0.25, 0.3) is 28.0 Å². The molecule has 48 heavy (non-hydrogen) atoms. The molecule has 11 nitrogen and oxygen atoms in total. The number of carbonyl (C=O) groups is 2. The largest absolute Gasteiger partial charge is 0.397 e. The maximum atomic E-state index is 14.9. The van der Waals surface area contributed by atoms with Gasteiger partial charge in [-0.15, -0.1) is 0 Å². The van der Waals surface area contributed by atoms with E-state index in [9.17, 15) is 23.9 Å². The van der Waals surface area contributed by atoms with Gasteiger partial charge in [0.05, 0.1) is 35.7 Å². The summed E-state index contributed by atoms with van der Waals surface area (Å²) in [6, 6.07) is 11.5. The van der Waals surface area contributed by atoms with Crippen molar-refractivity contribution in [3.8, 4) is 11.4 Å². The second-order valence-corrected chi connectivity index (χ2v) is 12.1. The summed E-state index contributed by atoms with van der Waals surface area (Å²) in [6.45, 7) is 6.67. The number of anilines is 1. The number of hydrazine groups is 1. The number of fused-ring (bicyclic) bond motifs is 4. The van der Waals surface area contributed by atoms with E-state index < -0.39 is 23.9 Å². The zero-order valence-electron chi connectivity index (χ0n) is 27.6. The van der Waals surface area contributed by atoms with E-state index in [1.54, 1.807) is 54.8 Å². The summed E-state index contributed by atoms with van der Waals surface area (Å²) in [7, 11) is 0. The lowest BCUT2D eigenvalue weighted by molar-refractivity contribution is -0.139. The molecule has 0 bridgehead atoms. The summed E-state index contributed by atoms with van der Waals surface area (Å²) in [4.78, 5) is 43.7. The number of ketones is 1. The molecule has 1 aliphatic rings. The number of aryl methyl sites for hydroxylation is 1. The van der Waals surface area contributed by atoms with Gasteiger partial charge >= 0.3 is 0 Å². The minimum atomic E-state index is -1.84. The SMILES string of the molecule is CCCC(=O)[C@](O)(CC)c1cc2n(c(=O)c1CC)Cc1c-2nc2cc(F)c(C)cc2c1CN(N)/C=C(\N)c1cccc(NC(=O)CO)c1. The van der Waals surface area contributed by atoms with Gasteiger partial charge in [-0.3, -0.25) is 14.4 Å². The van der Waals surface area contributed by atoms with Crippen LogP contribution in [0.15, 0.2) is 53.5 Å². The third-order valence-electron chi connectivity index (χ3n) is 8.96. The van der Waals surface area contributed by atoms with Gasteiger partial charge in [0.2, 0.25) is 5.91 Å². The molecule has 0 unspecified atom stereocenters. The van der Waals surface area contributed by atoms with Crippen molar-refractivity contribution in [3.63, 3.8) is 0 Å². The van der Waals surface area contributed by atoms with Crippen LogP contribution in [-0.2, 0) is 34.7 Å². The Hall–Kier alpha value is -4.91. The summed E-state index contributed by atoms with van der Waals surface area (Å²) >= 11 is 0. The highest BCUT2D eigenvalue weighted by Crippen LogP contribution is 2.40. The topological polar surface area (TPSA) is 177 Å². The Morgan fingerprint density at radius 3 is 2.58 bits per heavy atom. The molecule has 0 spiro atoms. The molecule has 4 aromatic rings. The van der Waals surface area contributed by atoms with Crippen LogP contribution < -0.4 is 22.5 Å². The third kappa shape index (κ3) is 6.21. The first-order valence-corrected chi connectivity index (χ1v) is 16.0. The van der Waals surface area contributed by atoms with Crippen LogP contribution in [0.3, 0.4) is 0 Å². The quantitative estimate of drug-likeness (QED) is 0.0983. The normalized spacial score (nSPS) is 13.6. The number of aromatic nitrogens is 2. The Morgan fingerprint density at radius 1 is 1.17 bits per heavy atom. The fourth-order valence-electron chi connectivity index (χ4n) is 6.40. The second kappa shape index (κ2) is 13.7. The van der Waals surface area contributed by atoms with Crippen molar-refractivity contribution in [1.82, 2.24) is 14.6 Å². The number of Topliss-reactive ketones (excluding diaryl/α,β-unsaturated/α-hetero) is 1. The zero-order valence-corrected chi connectivity index (χ0v) is 27.6. The molecule has 0 saturated carbocycles. The Balaban J connectivity index is 1.64. The molecule has 1 aliphatic heterocycles. The standard InChI is InChI=1S/C36H41FN6O5/c1-5-9-32(45)36(48,7-3)27-14-31-34-26(17-43(31)35(47)23(27)6-2)25(24-12-20(4)28(37)15-30(24)41-34)16-42(39)18-29(38)21-10-8-11-22(13-21)40-33(46)19-44/h8,10-15,18,44,48H,5-7,9,16-17,19,38-39H2,1-4H3,(H,40,46)/b29-18-/t36-/m0/s1. The predicted octanol–water partition coefficient (Wildman–Crippen LogP) is 3.97. The summed E-state index contributed by atoms with van der Waals surface area (Å²) in [5, 5.41) is 25.4. The van der Waals surface area contributed by atoms with Crippen LogP contribution >= 0.6 is 0 Å². The van der Waals surface area contributed by atoms with Gasteiger partial charge in [0.15, 0.2) is 5.78 Å². The number of benzene rings is 2. The lowest BCUT2D eigenvalue weighted by atomic mass is 9.82. The monoisotopic (exact) mass is 656 g/mol. The molecule has 5 rings (SSSR count). The first-order valence-electron chi connectivity index (χ1n) is 16.0. The van der Waals surface area contributed by atoms with E-state index in [4.69, 9.17) is 21.7 Å². The average molecular weight is 657 g/mol. The molecule has 0 radical (unpaired) electrons. The van der Waals surface area contributed by atoms with Gasteiger partial charge in [0, 0.05) is 52.0 Å². The summed E-state index contributed by atoms with van der Waals surface area (Å²) in [5.41, 5.74) is 9.28. The van der Waals surface area contributed by atoms with Crippen LogP contribution in [0, 0.1) is 12.7 Å². The van der Waals surface area contributed by atoms with Crippen LogP contribution in [-0.4, -0.2) is 43.1 Å². The van der Waals surface area contributed by atoms with Crippen LogP contribution in [0.4, 0.5) is 10.1 Å². The molecule has 2 aromatic carbocycles. The van der Waals surface area contributed by atoms with Crippen LogP contribution in [0.5, 0.6) is 0 Å². The summed E-state index contributed by atoms with van der Waals surface area (Å²) < 4.78 is 16.5. The van der Waals surface area contributed by atoms with Gasteiger partial charge in [-0.2, -0.15) is 0 Å². The molecule has 7 N–H and O–H groups in total. The molecule has 3 heterocycles. The molecule has 252 valence electrons. The fraction of sp³-hybridized carbons (Fsp3) is 0.333. The Labute approximate surface area is 277 Å². The minimum absolute atomic E-state index is 0.0993. The molecule has 2 aromatic heterocycles. The van der Waals surface area contributed by atoms with E-state index in [0.717, 1.165) is 0 Å². The van der Waals surface area contributed by atoms with E-state index in [1.165, 1.54) is 17.3 Å². The average Bonchev–Trinajstić information content (AvgIpc) is 3.43. The smallest absolute Gasteiger partial charge is 0.254 e. The zero-order chi connectivity index (χ0) is 34.9. The summed E-state index contributed by atoms with van der Waals surface area (Å²) in [6.07, 6.45) is 2.66. The number of nitrogens with two attached hydrogens (primary N) is 2. The number of rotatable bonds is 12. The number of hydrogen-bond acceptors (Lipinski definition) is 9. The molecule has 0 aliphatic carbocycles. The number of nitrogens with one attached hydrogen (secondary N) is 1. The Morgan fingerprint density at radius 2 is 1.92 bits per heavy atom. The van der Waals surface area contributed by atoms with Gasteiger partial charge in [-0.05, 0) is 61.6 Å². The van der Waals surface area contributed by atoms with E-state index in [-0.39, 0.29) is 42.8 Å². The van der Waals surface area contributed by atoms with Crippen LogP contribution in [0.2, 0.25) is 0 Å². The predicted molar refractivity (Wildman–Crippen MR) is 183 cm³/mol. The molecule has 1 atom stereocenters. The van der Waals surface area contributed by atoms with Crippen molar-refractivity contribution >= 4 is 34.0 Å². The van der Waals surface area contributed by atoms with Crippen molar-refractivity contribution in [2.75, 3.05) is 11.9 Å². The highest BCUT2D eigenvalue weighted by molar-refractivity contribution is 5.92. The summed E-state index contributed by atoms with van der Waals surface area (Å²) in [5.74, 6) is 5.17. The number of nitrogens with zero attached hydrogens (tertiary/aromatic N) is 3. The van der Waals surface area contributed by atoms with Crippen molar-refractivity contribution in [1.29, 1.82) is 0 Å². The van der Waals surface area contributed by atoms with Gasteiger partial charge < -0.3 is 30.8 Å². The first-order chi connectivity index (χ1) is 22.9. The Bertz CT molecular complexity index is 2020. The third-order valence-corrected chi connectivity index (χ3v) is 8.96. The molecular weight excluding hydrogens is 615 g/mol. The lowest BCUT2D eigenvalue weighted by Gasteiger charge is -2.28. The van der Waals surface area contributed by atoms with E-state index in [0.29, 0.717) is 74.3 Å². The number of halogens is 1. The number of carbonyl (C=O) groups excluding carboxylic acids is 2. The second-order valence-electron chi connectivity index (χ2n) is 12.1. The molecule has 0 fully saturated rings. The highest BCUT2D eigenvalue weighted by Gasteiger charge is 2.39. The van der Waals surface area contributed by atoms with Gasteiger partial charge in [0.25, 0.3) is 5.56 Å². The molecule has 1 amide bonds. The Kier molecular flexibility index (Phi) is 9.81. The van der Waals surface area contributed by atoms with Crippen molar-refractivity contribution in [2.24, 2.45) is 11.6 Å². The lowest BCUT2D eigenvalue weighted by Crippen LogP contribution is -2.39. The van der Waals surface area contributed by atoms with E-state index in [2.05, 4.69) is 5.32 Å². The van der Waals surface area contributed by atoms with Crippen molar-refractivity contribution < 1.29 is 24.2 Å². The van der Waals surface area contributed by atoms with Crippen molar-refractivity contribution in [3.05, 3.63) is 98.2 Å². The minimum Gasteiger partial charge on any atom is -0.397 e. The van der Waals surface area contributed by atoms with Crippen molar-refractivity contribution in [2.45, 2.75) is 72.1 Å². The molecular formula is C36H41FN6O5. The van der Waals surface area contributed by atoms with Gasteiger partial charge in [-0.1, -0.05) is 32.9 Å².